The van der Waals surface area contributed by atoms with Crippen molar-refractivity contribution in [3.05, 3.63) is 69.9 Å². The topological polar surface area (TPSA) is 49.4 Å². The van der Waals surface area contributed by atoms with E-state index in [9.17, 15) is 14.0 Å². The van der Waals surface area contributed by atoms with Gasteiger partial charge in [-0.05, 0) is 42.2 Å². The molecule has 0 aromatic heterocycles. The average molecular weight is 419 g/mol. The Morgan fingerprint density at radius 3 is 2.69 bits per heavy atom. The molecule has 0 spiro atoms. The van der Waals surface area contributed by atoms with E-state index in [1.54, 1.807) is 11.0 Å². The number of piperidine rings is 1. The van der Waals surface area contributed by atoms with E-state index in [1.165, 1.54) is 12.1 Å². The summed E-state index contributed by atoms with van der Waals surface area (Å²) in [6.07, 6.45) is 2.21. The van der Waals surface area contributed by atoms with Crippen LogP contribution in [-0.2, 0) is 16.1 Å². The number of nitrogens with one attached hydrogen (secondary N) is 1. The Bertz CT molecular complexity index is 798. The summed E-state index contributed by atoms with van der Waals surface area (Å²) < 4.78 is 14.2. The highest BCUT2D eigenvalue weighted by Crippen LogP contribution is 2.26. The van der Waals surface area contributed by atoms with Crippen molar-refractivity contribution in [2.75, 3.05) is 6.54 Å². The van der Waals surface area contributed by atoms with E-state index in [0.29, 0.717) is 18.5 Å². The standard InChI is InChI=1S/C20H20BrFN2O2/c21-17-10-9-16(22)12-15(17)13-23-20(26)19(14-6-2-1-3-7-14)24-11-5-4-8-18(24)25/h1-3,6-7,9-10,12,19H,4-5,8,11,13H2,(H,23,26). The quantitative estimate of drug-likeness (QED) is 0.798. The fourth-order valence-electron chi connectivity index (χ4n) is 3.17. The summed E-state index contributed by atoms with van der Waals surface area (Å²) in [5.74, 6) is -0.627. The molecule has 1 aliphatic heterocycles. The molecule has 0 bridgehead atoms. The van der Waals surface area contributed by atoms with Gasteiger partial charge in [0.05, 0.1) is 0 Å². The van der Waals surface area contributed by atoms with Crippen LogP contribution in [0.5, 0.6) is 0 Å². The molecule has 1 saturated heterocycles. The average Bonchev–Trinajstić information content (AvgIpc) is 2.65. The molecule has 0 saturated carbocycles. The Balaban J connectivity index is 1.81. The van der Waals surface area contributed by atoms with Gasteiger partial charge in [-0.15, -0.1) is 0 Å². The third kappa shape index (κ3) is 4.30. The summed E-state index contributed by atoms with van der Waals surface area (Å²) in [5.41, 5.74) is 1.42. The largest absolute Gasteiger partial charge is 0.350 e. The number of carbonyl (C=O) groups is 2. The van der Waals surface area contributed by atoms with Gasteiger partial charge < -0.3 is 10.2 Å². The van der Waals surface area contributed by atoms with Gasteiger partial charge >= 0.3 is 0 Å². The molecule has 1 unspecified atom stereocenters. The van der Waals surface area contributed by atoms with Crippen LogP contribution < -0.4 is 5.32 Å². The van der Waals surface area contributed by atoms with Crippen LogP contribution in [0.3, 0.4) is 0 Å². The lowest BCUT2D eigenvalue weighted by Gasteiger charge is -2.34. The molecule has 136 valence electrons. The van der Waals surface area contributed by atoms with Crippen molar-refractivity contribution in [2.24, 2.45) is 0 Å². The first kappa shape index (κ1) is 18.6. The maximum atomic E-state index is 13.5. The van der Waals surface area contributed by atoms with Crippen LogP contribution in [0.4, 0.5) is 4.39 Å². The second-order valence-corrected chi connectivity index (χ2v) is 7.17. The van der Waals surface area contributed by atoms with Gasteiger partial charge in [0.15, 0.2) is 0 Å². The van der Waals surface area contributed by atoms with Crippen LogP contribution in [0.1, 0.15) is 36.4 Å². The second kappa shape index (κ2) is 8.45. The lowest BCUT2D eigenvalue weighted by atomic mass is 10.0. The van der Waals surface area contributed by atoms with E-state index < -0.39 is 6.04 Å². The summed E-state index contributed by atoms with van der Waals surface area (Å²) >= 11 is 3.37. The first-order valence-corrected chi connectivity index (χ1v) is 9.41. The van der Waals surface area contributed by atoms with E-state index in [0.717, 1.165) is 22.9 Å². The van der Waals surface area contributed by atoms with Crippen LogP contribution in [-0.4, -0.2) is 23.3 Å². The highest BCUT2D eigenvalue weighted by atomic mass is 79.9. The molecule has 4 nitrogen and oxygen atoms in total. The van der Waals surface area contributed by atoms with Crippen LogP contribution in [0.2, 0.25) is 0 Å². The highest BCUT2D eigenvalue weighted by molar-refractivity contribution is 9.10. The Morgan fingerprint density at radius 2 is 1.96 bits per heavy atom. The Labute approximate surface area is 160 Å². The minimum atomic E-state index is -0.670. The number of hydrogen-bond donors (Lipinski definition) is 1. The number of halogens is 2. The SMILES string of the molecule is O=C(NCc1cc(F)ccc1Br)C(c1ccccc1)N1CCCCC1=O. The van der Waals surface area contributed by atoms with Crippen molar-refractivity contribution in [3.8, 4) is 0 Å². The fourth-order valence-corrected chi connectivity index (χ4v) is 3.55. The minimum absolute atomic E-state index is 0.00723. The molecule has 1 heterocycles. The molecule has 1 aliphatic rings. The minimum Gasteiger partial charge on any atom is -0.350 e. The zero-order valence-electron chi connectivity index (χ0n) is 14.3. The van der Waals surface area contributed by atoms with Crippen molar-refractivity contribution in [3.63, 3.8) is 0 Å². The number of carbonyl (C=O) groups excluding carboxylic acids is 2. The number of rotatable bonds is 5. The number of nitrogens with zero attached hydrogens (tertiary/aromatic N) is 1. The molecule has 2 amide bonds. The summed E-state index contributed by atoms with van der Waals surface area (Å²) in [6, 6.07) is 13.0. The number of likely N-dealkylation sites (tertiary alicyclic amines) is 1. The van der Waals surface area contributed by atoms with Crippen LogP contribution in [0.15, 0.2) is 53.0 Å². The predicted octanol–water partition coefficient (Wildman–Crippen LogP) is 3.96. The first-order valence-electron chi connectivity index (χ1n) is 8.62. The summed E-state index contributed by atoms with van der Waals surface area (Å²) in [5, 5.41) is 2.85. The Kier molecular flexibility index (Phi) is 6.04. The molecule has 3 rings (SSSR count). The lowest BCUT2D eigenvalue weighted by Crippen LogP contribution is -2.45. The van der Waals surface area contributed by atoms with Crippen molar-refractivity contribution >= 4 is 27.7 Å². The molecule has 1 fully saturated rings. The monoisotopic (exact) mass is 418 g/mol. The highest BCUT2D eigenvalue weighted by Gasteiger charge is 2.32. The molecule has 26 heavy (non-hydrogen) atoms. The molecule has 1 atom stereocenters. The van der Waals surface area contributed by atoms with Crippen molar-refractivity contribution in [2.45, 2.75) is 31.8 Å². The third-order valence-electron chi connectivity index (χ3n) is 4.50. The zero-order valence-corrected chi connectivity index (χ0v) is 15.8. The summed E-state index contributed by atoms with van der Waals surface area (Å²) in [6.45, 7) is 0.748. The van der Waals surface area contributed by atoms with E-state index >= 15 is 0 Å². The summed E-state index contributed by atoms with van der Waals surface area (Å²) in [4.78, 5) is 27.0. The van der Waals surface area contributed by atoms with E-state index in [4.69, 9.17) is 0 Å². The number of hydrogen-bond acceptors (Lipinski definition) is 2. The van der Waals surface area contributed by atoms with E-state index in [-0.39, 0.29) is 24.2 Å². The summed E-state index contributed by atoms with van der Waals surface area (Å²) in [7, 11) is 0. The maximum Gasteiger partial charge on any atom is 0.247 e. The molecule has 2 aromatic rings. The Morgan fingerprint density at radius 1 is 1.19 bits per heavy atom. The van der Waals surface area contributed by atoms with E-state index in [1.807, 2.05) is 30.3 Å². The van der Waals surface area contributed by atoms with Gasteiger partial charge in [-0.25, -0.2) is 4.39 Å². The fraction of sp³-hybridized carbons (Fsp3) is 0.300. The van der Waals surface area contributed by atoms with Gasteiger partial charge in [0, 0.05) is 24.0 Å². The second-order valence-electron chi connectivity index (χ2n) is 6.31. The van der Waals surface area contributed by atoms with Crippen LogP contribution in [0, 0.1) is 5.82 Å². The molecule has 0 radical (unpaired) electrons. The smallest absolute Gasteiger partial charge is 0.247 e. The third-order valence-corrected chi connectivity index (χ3v) is 5.27. The van der Waals surface area contributed by atoms with Gasteiger partial charge in [0.1, 0.15) is 11.9 Å². The van der Waals surface area contributed by atoms with Gasteiger partial charge in [0.25, 0.3) is 0 Å². The molecule has 0 aliphatic carbocycles. The normalized spacial score (nSPS) is 15.6. The molecule has 6 heteroatoms. The van der Waals surface area contributed by atoms with Crippen LogP contribution >= 0.6 is 15.9 Å². The molecule has 2 aromatic carbocycles. The van der Waals surface area contributed by atoms with Crippen molar-refractivity contribution < 1.29 is 14.0 Å². The molecule has 1 N–H and O–H groups in total. The maximum absolute atomic E-state index is 13.5. The van der Waals surface area contributed by atoms with Crippen LogP contribution in [0.25, 0.3) is 0 Å². The van der Waals surface area contributed by atoms with Crippen molar-refractivity contribution in [1.29, 1.82) is 0 Å². The zero-order chi connectivity index (χ0) is 18.5. The van der Waals surface area contributed by atoms with E-state index in [2.05, 4.69) is 21.2 Å². The lowest BCUT2D eigenvalue weighted by molar-refractivity contribution is -0.142. The number of benzene rings is 2. The molecular weight excluding hydrogens is 399 g/mol. The van der Waals surface area contributed by atoms with Gasteiger partial charge in [-0.2, -0.15) is 0 Å². The predicted molar refractivity (Wildman–Crippen MR) is 101 cm³/mol. The van der Waals surface area contributed by atoms with Gasteiger partial charge in [-0.3, -0.25) is 9.59 Å². The van der Waals surface area contributed by atoms with Crippen molar-refractivity contribution in [1.82, 2.24) is 10.2 Å². The van der Waals surface area contributed by atoms with Gasteiger partial charge in [0.2, 0.25) is 11.8 Å². The molecular formula is C20H20BrFN2O2. The number of amides is 2. The first-order chi connectivity index (χ1) is 12.6. The Hall–Kier alpha value is -2.21. The van der Waals surface area contributed by atoms with Gasteiger partial charge in [-0.1, -0.05) is 46.3 Å².